The number of phenolic OH excluding ortho intramolecular Hbond substituents is 1. The van der Waals surface area contributed by atoms with Gasteiger partial charge in [0.25, 0.3) is 5.91 Å². The van der Waals surface area contributed by atoms with Crippen LogP contribution in [-0.2, 0) is 4.74 Å². The zero-order valence-electron chi connectivity index (χ0n) is 10.5. The van der Waals surface area contributed by atoms with Gasteiger partial charge in [0, 0.05) is 19.8 Å². The number of nitrogens with two attached hydrogens (primary N) is 1. The van der Waals surface area contributed by atoms with Gasteiger partial charge in [-0.2, -0.15) is 0 Å². The topological polar surface area (TPSA) is 84.6 Å². The normalized spacial score (nSPS) is 18.0. The van der Waals surface area contributed by atoms with Crippen LogP contribution >= 0.6 is 11.6 Å². The molecule has 0 spiro atoms. The maximum Gasteiger partial charge on any atom is 0.253 e. The van der Waals surface area contributed by atoms with E-state index in [1.54, 1.807) is 0 Å². The van der Waals surface area contributed by atoms with Crippen molar-refractivity contribution < 1.29 is 14.6 Å². The lowest BCUT2D eigenvalue weighted by molar-refractivity contribution is 0.0388. The lowest BCUT2D eigenvalue weighted by Crippen LogP contribution is -2.56. The summed E-state index contributed by atoms with van der Waals surface area (Å²) in [5, 5.41) is 12.7. The van der Waals surface area contributed by atoms with Crippen LogP contribution in [0, 0.1) is 0 Å². The van der Waals surface area contributed by atoms with E-state index in [1.165, 1.54) is 18.2 Å². The van der Waals surface area contributed by atoms with Crippen LogP contribution in [0.2, 0.25) is 5.02 Å². The van der Waals surface area contributed by atoms with E-state index in [1.807, 2.05) is 0 Å². The summed E-state index contributed by atoms with van der Waals surface area (Å²) in [4.78, 5) is 12.2. The van der Waals surface area contributed by atoms with Crippen molar-refractivity contribution in [3.8, 4) is 5.75 Å². The van der Waals surface area contributed by atoms with E-state index in [9.17, 15) is 9.90 Å². The fourth-order valence-electron chi connectivity index (χ4n) is 2.14. The summed E-state index contributed by atoms with van der Waals surface area (Å²) in [6.07, 6.45) is 1.34. The van der Waals surface area contributed by atoms with E-state index in [4.69, 9.17) is 22.1 Å². The summed E-state index contributed by atoms with van der Waals surface area (Å²) in [6.45, 7) is 1.50. The number of carbonyl (C=O) groups excluding carboxylic acids is 1. The quantitative estimate of drug-likeness (QED) is 0.781. The molecule has 4 N–H and O–H groups in total. The number of rotatable bonds is 3. The van der Waals surface area contributed by atoms with E-state index in [2.05, 4.69) is 5.32 Å². The van der Waals surface area contributed by atoms with Gasteiger partial charge >= 0.3 is 0 Å². The summed E-state index contributed by atoms with van der Waals surface area (Å²) < 4.78 is 5.28. The number of phenols is 1. The lowest BCUT2D eigenvalue weighted by atomic mass is 9.89. The Morgan fingerprint density at radius 1 is 1.47 bits per heavy atom. The lowest BCUT2D eigenvalue weighted by Gasteiger charge is -2.37. The third-order valence-electron chi connectivity index (χ3n) is 3.41. The van der Waals surface area contributed by atoms with Crippen LogP contribution in [0.15, 0.2) is 18.2 Å². The van der Waals surface area contributed by atoms with Gasteiger partial charge in [-0.3, -0.25) is 4.79 Å². The van der Waals surface area contributed by atoms with E-state index in [0.29, 0.717) is 37.6 Å². The van der Waals surface area contributed by atoms with Gasteiger partial charge < -0.3 is 20.9 Å². The minimum atomic E-state index is -0.454. The molecule has 1 aliphatic rings. The highest BCUT2D eigenvalue weighted by Crippen LogP contribution is 2.24. The van der Waals surface area contributed by atoms with E-state index >= 15 is 0 Å². The van der Waals surface area contributed by atoms with Gasteiger partial charge in [0.05, 0.1) is 16.1 Å². The molecule has 104 valence electrons. The Hall–Kier alpha value is -1.30. The molecule has 5 nitrogen and oxygen atoms in total. The summed E-state index contributed by atoms with van der Waals surface area (Å²) in [5.74, 6) is -0.323. The number of ether oxygens (including phenoxy) is 1. The van der Waals surface area contributed by atoms with Gasteiger partial charge in [0.2, 0.25) is 0 Å². The Kier molecular flexibility index (Phi) is 4.29. The first-order valence-corrected chi connectivity index (χ1v) is 6.53. The molecule has 0 radical (unpaired) electrons. The maximum absolute atomic E-state index is 12.2. The van der Waals surface area contributed by atoms with E-state index < -0.39 is 5.54 Å². The first kappa shape index (κ1) is 14.1. The number of halogens is 1. The summed E-state index contributed by atoms with van der Waals surface area (Å²) in [5.41, 5.74) is 5.58. The molecule has 1 aliphatic heterocycles. The second-order valence-corrected chi connectivity index (χ2v) is 5.12. The van der Waals surface area contributed by atoms with Crippen LogP contribution in [0.1, 0.15) is 23.2 Å². The molecule has 0 atom stereocenters. The third kappa shape index (κ3) is 3.18. The fraction of sp³-hybridized carbons (Fsp3) is 0.462. The number of benzene rings is 1. The first-order valence-electron chi connectivity index (χ1n) is 6.15. The molecule has 6 heteroatoms. The van der Waals surface area contributed by atoms with Crippen molar-refractivity contribution >= 4 is 17.5 Å². The third-order valence-corrected chi connectivity index (χ3v) is 3.74. The second kappa shape index (κ2) is 5.77. The van der Waals surface area contributed by atoms with E-state index in [0.717, 1.165) is 0 Å². The highest BCUT2D eigenvalue weighted by atomic mass is 35.5. The summed E-state index contributed by atoms with van der Waals surface area (Å²) in [6, 6.07) is 4.28. The van der Waals surface area contributed by atoms with Crippen molar-refractivity contribution in [3.05, 3.63) is 28.8 Å². The zero-order chi connectivity index (χ0) is 13.9. The van der Waals surface area contributed by atoms with Crippen LogP contribution in [-0.4, -0.2) is 36.3 Å². The summed E-state index contributed by atoms with van der Waals surface area (Å²) >= 11 is 5.97. The number of hydrogen-bond donors (Lipinski definition) is 3. The Morgan fingerprint density at radius 3 is 2.79 bits per heavy atom. The molecule has 1 amide bonds. The molecule has 19 heavy (non-hydrogen) atoms. The van der Waals surface area contributed by atoms with Gasteiger partial charge in [-0.25, -0.2) is 0 Å². The minimum Gasteiger partial charge on any atom is -0.508 e. The number of nitrogens with one attached hydrogen (secondary N) is 1. The highest BCUT2D eigenvalue weighted by molar-refractivity contribution is 6.33. The van der Waals surface area contributed by atoms with Crippen LogP contribution in [0.3, 0.4) is 0 Å². The monoisotopic (exact) mass is 284 g/mol. The van der Waals surface area contributed by atoms with Gasteiger partial charge in [-0.1, -0.05) is 11.6 Å². The predicted molar refractivity (Wildman–Crippen MR) is 72.4 cm³/mol. The van der Waals surface area contributed by atoms with Crippen LogP contribution in [0.4, 0.5) is 0 Å². The molecule has 0 unspecified atom stereocenters. The Balaban J connectivity index is 2.17. The molecule has 0 aromatic heterocycles. The molecule has 1 saturated heterocycles. The Bertz CT molecular complexity index is 473. The Labute approximate surface area is 116 Å². The maximum atomic E-state index is 12.2. The smallest absolute Gasteiger partial charge is 0.253 e. The average molecular weight is 285 g/mol. The minimum absolute atomic E-state index is 0.00308. The molecule has 1 aromatic rings. The SMILES string of the molecule is NCC1(NC(=O)c2cc(O)ccc2Cl)CCOCC1. The van der Waals surface area contributed by atoms with Crippen LogP contribution < -0.4 is 11.1 Å². The van der Waals surface area contributed by atoms with Crippen molar-refractivity contribution in [1.29, 1.82) is 0 Å². The average Bonchev–Trinajstić information content (AvgIpc) is 2.42. The number of amides is 1. The number of carbonyl (C=O) groups is 1. The highest BCUT2D eigenvalue weighted by Gasteiger charge is 2.33. The molecule has 0 saturated carbocycles. The predicted octanol–water partition coefficient (Wildman–Crippen LogP) is 1.28. The van der Waals surface area contributed by atoms with Gasteiger partial charge in [-0.15, -0.1) is 0 Å². The molecule has 0 aliphatic carbocycles. The molecule has 1 aromatic carbocycles. The van der Waals surface area contributed by atoms with Crippen molar-refractivity contribution in [2.45, 2.75) is 18.4 Å². The second-order valence-electron chi connectivity index (χ2n) is 4.72. The largest absolute Gasteiger partial charge is 0.508 e. The molecule has 0 bridgehead atoms. The molecular weight excluding hydrogens is 268 g/mol. The first-order chi connectivity index (χ1) is 9.06. The van der Waals surface area contributed by atoms with Crippen molar-refractivity contribution in [2.75, 3.05) is 19.8 Å². The molecular formula is C13H17ClN2O3. The molecule has 2 rings (SSSR count). The molecule has 1 heterocycles. The zero-order valence-corrected chi connectivity index (χ0v) is 11.2. The van der Waals surface area contributed by atoms with Crippen LogP contribution in [0.5, 0.6) is 5.75 Å². The van der Waals surface area contributed by atoms with Gasteiger partial charge in [0.1, 0.15) is 5.75 Å². The molecule has 1 fully saturated rings. The van der Waals surface area contributed by atoms with Crippen molar-refractivity contribution in [2.24, 2.45) is 5.73 Å². The van der Waals surface area contributed by atoms with Crippen molar-refractivity contribution in [1.82, 2.24) is 5.32 Å². The Morgan fingerprint density at radius 2 is 2.16 bits per heavy atom. The van der Waals surface area contributed by atoms with E-state index in [-0.39, 0.29) is 17.2 Å². The number of hydrogen-bond acceptors (Lipinski definition) is 4. The standard InChI is InChI=1S/C13H17ClN2O3/c14-11-2-1-9(17)7-10(11)12(18)16-13(8-15)3-5-19-6-4-13/h1-2,7,17H,3-6,8,15H2,(H,16,18). The van der Waals surface area contributed by atoms with Crippen LogP contribution in [0.25, 0.3) is 0 Å². The van der Waals surface area contributed by atoms with Gasteiger partial charge in [0.15, 0.2) is 0 Å². The van der Waals surface area contributed by atoms with Crippen molar-refractivity contribution in [3.63, 3.8) is 0 Å². The summed E-state index contributed by atoms with van der Waals surface area (Å²) in [7, 11) is 0. The van der Waals surface area contributed by atoms with Gasteiger partial charge in [-0.05, 0) is 31.0 Å². The fourth-order valence-corrected chi connectivity index (χ4v) is 2.34. The number of aromatic hydroxyl groups is 1.